The molecule has 0 bridgehead atoms. The Hall–Kier alpha value is -2.41. The van der Waals surface area contributed by atoms with Crippen LogP contribution in [0.15, 0.2) is 30.3 Å². The lowest BCUT2D eigenvalue weighted by atomic mass is 10.3. The lowest BCUT2D eigenvalue weighted by Crippen LogP contribution is -2.19. The summed E-state index contributed by atoms with van der Waals surface area (Å²) in [5, 5.41) is 5.62. The molecule has 0 aliphatic rings. The third-order valence-corrected chi connectivity index (χ3v) is 3.56. The number of thiazole rings is 1. The molecule has 0 saturated heterocycles. The number of hydrogen-bond donors (Lipinski definition) is 2. The monoisotopic (exact) mass is 305 g/mol. The summed E-state index contributed by atoms with van der Waals surface area (Å²) in [6, 6.07) is 8.64. The normalized spacial score (nSPS) is 10.0. The second-order valence-corrected chi connectivity index (χ2v) is 5.10. The number of carbonyl (C=O) groups excluding carboxylic acids is 2. The summed E-state index contributed by atoms with van der Waals surface area (Å²) in [6.07, 6.45) is 0. The second kappa shape index (κ2) is 6.85. The van der Waals surface area contributed by atoms with Gasteiger partial charge in [0.15, 0.2) is 5.13 Å². The van der Waals surface area contributed by atoms with Gasteiger partial charge in [0.2, 0.25) is 0 Å². The molecule has 7 heteroatoms. The van der Waals surface area contributed by atoms with Gasteiger partial charge in [0.05, 0.1) is 12.3 Å². The van der Waals surface area contributed by atoms with Crippen LogP contribution in [0.25, 0.3) is 0 Å². The third-order valence-electron chi connectivity index (χ3n) is 2.51. The van der Waals surface area contributed by atoms with Crippen LogP contribution in [0.5, 0.6) is 0 Å². The molecule has 2 rings (SSSR count). The lowest BCUT2D eigenvalue weighted by Gasteiger charge is -2.04. The molecule has 0 aliphatic carbocycles. The number of para-hydroxylation sites is 1. The maximum atomic E-state index is 11.8. The Morgan fingerprint density at radius 1 is 1.24 bits per heavy atom. The molecule has 0 unspecified atom stereocenters. The minimum absolute atomic E-state index is 0.299. The molecule has 1 aromatic heterocycles. The van der Waals surface area contributed by atoms with Crippen LogP contribution in [-0.2, 0) is 4.74 Å². The summed E-state index contributed by atoms with van der Waals surface area (Å²) < 4.78 is 4.93. The minimum atomic E-state index is -0.427. The quantitative estimate of drug-likeness (QED) is 0.850. The Balaban J connectivity index is 2.01. The first-order valence-corrected chi connectivity index (χ1v) is 7.19. The van der Waals surface area contributed by atoms with Crippen molar-refractivity contribution in [1.29, 1.82) is 0 Å². The van der Waals surface area contributed by atoms with E-state index in [2.05, 4.69) is 15.6 Å². The molecule has 6 nitrogen and oxygen atoms in total. The van der Waals surface area contributed by atoms with E-state index in [4.69, 9.17) is 4.74 Å². The molecular weight excluding hydrogens is 290 g/mol. The van der Waals surface area contributed by atoms with Crippen molar-refractivity contribution in [2.24, 2.45) is 0 Å². The lowest BCUT2D eigenvalue weighted by molar-refractivity contribution is 0.0531. The van der Waals surface area contributed by atoms with E-state index in [0.717, 1.165) is 11.3 Å². The number of carbonyl (C=O) groups is 2. The number of urea groups is 1. The average Bonchev–Trinajstić information content (AvgIpc) is 2.80. The molecule has 0 atom stereocenters. The fourth-order valence-corrected chi connectivity index (χ4v) is 2.47. The highest BCUT2D eigenvalue weighted by Crippen LogP contribution is 2.23. The first-order chi connectivity index (χ1) is 10.1. The Kier molecular flexibility index (Phi) is 4.89. The van der Waals surface area contributed by atoms with Gasteiger partial charge in [-0.25, -0.2) is 14.6 Å². The van der Waals surface area contributed by atoms with Gasteiger partial charge in [0, 0.05) is 5.69 Å². The topological polar surface area (TPSA) is 80.3 Å². The second-order valence-electron chi connectivity index (χ2n) is 4.10. The number of amides is 2. The molecule has 0 fully saturated rings. The van der Waals surface area contributed by atoms with Gasteiger partial charge >= 0.3 is 12.0 Å². The third kappa shape index (κ3) is 4.03. The number of rotatable bonds is 4. The van der Waals surface area contributed by atoms with Crippen molar-refractivity contribution >= 4 is 34.2 Å². The first-order valence-electron chi connectivity index (χ1n) is 6.37. The van der Waals surface area contributed by atoms with E-state index in [9.17, 15) is 9.59 Å². The number of aromatic nitrogens is 1. The van der Waals surface area contributed by atoms with Crippen LogP contribution >= 0.6 is 11.3 Å². The zero-order valence-corrected chi connectivity index (χ0v) is 12.5. The summed E-state index contributed by atoms with van der Waals surface area (Å²) in [5.41, 5.74) is 1.21. The summed E-state index contributed by atoms with van der Waals surface area (Å²) in [5.74, 6) is -0.427. The fourth-order valence-electron chi connectivity index (χ4n) is 1.62. The highest BCUT2D eigenvalue weighted by atomic mass is 32.1. The summed E-state index contributed by atoms with van der Waals surface area (Å²) in [4.78, 5) is 28.0. The molecule has 2 aromatic rings. The molecule has 0 spiro atoms. The van der Waals surface area contributed by atoms with Crippen LogP contribution in [-0.4, -0.2) is 23.6 Å². The van der Waals surface area contributed by atoms with Crippen LogP contribution in [0.3, 0.4) is 0 Å². The van der Waals surface area contributed by atoms with E-state index in [1.165, 1.54) is 0 Å². The molecule has 2 N–H and O–H groups in total. The SMILES string of the molecule is CCOC(=O)c1sc(NC(=O)Nc2ccccc2)nc1C. The largest absolute Gasteiger partial charge is 0.462 e. The van der Waals surface area contributed by atoms with Crippen LogP contribution in [0.4, 0.5) is 15.6 Å². The van der Waals surface area contributed by atoms with Gasteiger partial charge < -0.3 is 10.1 Å². The van der Waals surface area contributed by atoms with Gasteiger partial charge in [-0.1, -0.05) is 29.5 Å². The minimum Gasteiger partial charge on any atom is -0.462 e. The van der Waals surface area contributed by atoms with Crippen molar-refractivity contribution in [3.63, 3.8) is 0 Å². The number of hydrogen-bond acceptors (Lipinski definition) is 5. The van der Waals surface area contributed by atoms with Gasteiger partial charge in [0.1, 0.15) is 4.88 Å². The van der Waals surface area contributed by atoms with Gasteiger partial charge in [-0.05, 0) is 26.0 Å². The van der Waals surface area contributed by atoms with Crippen LogP contribution in [0.2, 0.25) is 0 Å². The van der Waals surface area contributed by atoms with Gasteiger partial charge in [-0.2, -0.15) is 0 Å². The zero-order chi connectivity index (χ0) is 15.2. The van der Waals surface area contributed by atoms with E-state index < -0.39 is 12.0 Å². The van der Waals surface area contributed by atoms with E-state index in [0.29, 0.717) is 28.0 Å². The number of benzene rings is 1. The Bertz CT molecular complexity index is 640. The fraction of sp³-hybridized carbons (Fsp3) is 0.214. The van der Waals surface area contributed by atoms with E-state index >= 15 is 0 Å². The van der Waals surface area contributed by atoms with E-state index in [-0.39, 0.29) is 0 Å². The van der Waals surface area contributed by atoms with E-state index in [1.807, 2.05) is 18.2 Å². The summed E-state index contributed by atoms with van der Waals surface area (Å²) in [6.45, 7) is 3.73. The molecule has 0 aliphatic heterocycles. The molecule has 2 amide bonds. The summed E-state index contributed by atoms with van der Waals surface area (Å²) >= 11 is 1.09. The molecule has 21 heavy (non-hydrogen) atoms. The molecule has 1 aromatic carbocycles. The number of nitrogens with one attached hydrogen (secondary N) is 2. The first kappa shape index (κ1) is 15.0. The van der Waals surface area contributed by atoms with Crippen molar-refractivity contribution in [2.45, 2.75) is 13.8 Å². The summed E-state index contributed by atoms with van der Waals surface area (Å²) in [7, 11) is 0. The van der Waals surface area contributed by atoms with Gasteiger partial charge in [0.25, 0.3) is 0 Å². The van der Waals surface area contributed by atoms with Gasteiger partial charge in [-0.15, -0.1) is 0 Å². The molecule has 1 heterocycles. The molecule has 0 radical (unpaired) electrons. The van der Waals surface area contributed by atoms with Crippen LogP contribution in [0.1, 0.15) is 22.3 Å². The zero-order valence-electron chi connectivity index (χ0n) is 11.7. The van der Waals surface area contributed by atoms with Crippen LogP contribution in [0, 0.1) is 6.92 Å². The Morgan fingerprint density at radius 3 is 2.62 bits per heavy atom. The Labute approximate surface area is 126 Å². The number of aryl methyl sites for hydroxylation is 1. The molecule has 0 saturated carbocycles. The highest BCUT2D eigenvalue weighted by Gasteiger charge is 2.17. The van der Waals surface area contributed by atoms with Gasteiger partial charge in [-0.3, -0.25) is 5.32 Å². The predicted molar refractivity (Wildman–Crippen MR) is 81.9 cm³/mol. The number of esters is 1. The number of ether oxygens (including phenoxy) is 1. The molecule has 110 valence electrons. The standard InChI is InChI=1S/C14H15N3O3S/c1-3-20-12(18)11-9(2)15-14(21-11)17-13(19)16-10-7-5-4-6-8-10/h4-8H,3H2,1-2H3,(H2,15,16,17,19). The van der Waals surface area contributed by atoms with Crippen molar-refractivity contribution < 1.29 is 14.3 Å². The Morgan fingerprint density at radius 2 is 1.95 bits per heavy atom. The van der Waals surface area contributed by atoms with Crippen molar-refractivity contribution in [3.05, 3.63) is 40.9 Å². The average molecular weight is 305 g/mol. The number of anilines is 2. The maximum absolute atomic E-state index is 11.8. The van der Waals surface area contributed by atoms with E-state index in [1.54, 1.807) is 26.0 Å². The predicted octanol–water partition coefficient (Wildman–Crippen LogP) is 3.27. The number of nitrogens with zero attached hydrogens (tertiary/aromatic N) is 1. The van der Waals surface area contributed by atoms with Crippen LogP contribution < -0.4 is 10.6 Å². The maximum Gasteiger partial charge on any atom is 0.350 e. The van der Waals surface area contributed by atoms with Crippen molar-refractivity contribution in [3.8, 4) is 0 Å². The van der Waals surface area contributed by atoms with Crippen molar-refractivity contribution in [1.82, 2.24) is 4.98 Å². The highest BCUT2D eigenvalue weighted by molar-refractivity contribution is 7.17. The molecular formula is C14H15N3O3S. The smallest absolute Gasteiger partial charge is 0.350 e. The van der Waals surface area contributed by atoms with Crippen molar-refractivity contribution in [2.75, 3.05) is 17.2 Å².